The molecule has 1 aliphatic rings. The molecule has 2 rings (SSSR count). The third-order valence-corrected chi connectivity index (χ3v) is 4.51. The summed E-state index contributed by atoms with van der Waals surface area (Å²) in [5.74, 6) is -0.592. The van der Waals surface area contributed by atoms with Gasteiger partial charge < -0.3 is 10.0 Å². The molecule has 1 fully saturated rings. The van der Waals surface area contributed by atoms with Crippen LogP contribution in [0.5, 0.6) is 5.75 Å². The Labute approximate surface area is 136 Å². The van der Waals surface area contributed by atoms with Crippen LogP contribution in [0.15, 0.2) is 12.1 Å². The molecule has 1 amide bonds. The first-order chi connectivity index (χ1) is 10.8. The number of carbonyl (C=O) groups is 1. The zero-order valence-electron chi connectivity index (χ0n) is 13.9. The van der Waals surface area contributed by atoms with Crippen LogP contribution in [0, 0.1) is 17.0 Å². The highest BCUT2D eigenvalue weighted by atomic mass is 16.6. The Balaban J connectivity index is 2.40. The van der Waals surface area contributed by atoms with Gasteiger partial charge >= 0.3 is 5.69 Å². The van der Waals surface area contributed by atoms with E-state index in [9.17, 15) is 20.0 Å². The van der Waals surface area contributed by atoms with Gasteiger partial charge in [0.15, 0.2) is 5.75 Å². The predicted octanol–water partition coefficient (Wildman–Crippen LogP) is 3.79. The highest BCUT2D eigenvalue weighted by molar-refractivity contribution is 5.97. The second-order valence-corrected chi connectivity index (χ2v) is 6.51. The van der Waals surface area contributed by atoms with Crippen molar-refractivity contribution in [2.24, 2.45) is 0 Å². The Hall–Kier alpha value is -2.11. The number of phenols is 1. The average molecular weight is 320 g/mol. The van der Waals surface area contributed by atoms with Gasteiger partial charge in [0.1, 0.15) is 0 Å². The molecule has 0 bridgehead atoms. The summed E-state index contributed by atoms with van der Waals surface area (Å²) >= 11 is 0. The van der Waals surface area contributed by atoms with E-state index in [1.807, 2.05) is 18.7 Å². The maximum absolute atomic E-state index is 13.0. The fraction of sp³-hybridized carbons (Fsp3) is 0.588. The van der Waals surface area contributed by atoms with E-state index in [0.717, 1.165) is 25.7 Å². The summed E-state index contributed by atoms with van der Waals surface area (Å²) in [7, 11) is 0. The molecule has 0 spiro atoms. The molecule has 1 N–H and O–H groups in total. The quantitative estimate of drug-likeness (QED) is 0.675. The highest BCUT2D eigenvalue weighted by Gasteiger charge is 2.30. The normalized spacial score (nSPS) is 15.7. The zero-order chi connectivity index (χ0) is 17.1. The Morgan fingerprint density at radius 3 is 2.43 bits per heavy atom. The number of hydrogen-bond donors (Lipinski definition) is 1. The van der Waals surface area contributed by atoms with Gasteiger partial charge in [-0.15, -0.1) is 0 Å². The lowest BCUT2D eigenvalue weighted by atomic mass is 9.92. The van der Waals surface area contributed by atoms with Crippen LogP contribution in [0.3, 0.4) is 0 Å². The van der Waals surface area contributed by atoms with E-state index in [-0.39, 0.29) is 18.0 Å². The number of amides is 1. The molecule has 0 aliphatic heterocycles. The summed E-state index contributed by atoms with van der Waals surface area (Å²) in [5, 5.41) is 20.7. The van der Waals surface area contributed by atoms with Gasteiger partial charge in [-0.1, -0.05) is 19.3 Å². The topological polar surface area (TPSA) is 83.7 Å². The molecule has 23 heavy (non-hydrogen) atoms. The molecule has 0 radical (unpaired) electrons. The number of carbonyl (C=O) groups excluding carboxylic acids is 1. The van der Waals surface area contributed by atoms with Gasteiger partial charge in [-0.2, -0.15) is 0 Å². The molecule has 126 valence electrons. The number of nitro groups is 1. The minimum atomic E-state index is -0.661. The van der Waals surface area contributed by atoms with Crippen molar-refractivity contribution in [2.45, 2.75) is 65.0 Å². The lowest BCUT2D eigenvalue weighted by Gasteiger charge is -2.37. The van der Waals surface area contributed by atoms with E-state index < -0.39 is 16.4 Å². The summed E-state index contributed by atoms with van der Waals surface area (Å²) in [5.41, 5.74) is 0.430. The minimum Gasteiger partial charge on any atom is -0.502 e. The fourth-order valence-electron chi connectivity index (χ4n) is 3.38. The van der Waals surface area contributed by atoms with Crippen LogP contribution in [0.4, 0.5) is 5.69 Å². The highest BCUT2D eigenvalue weighted by Crippen LogP contribution is 2.32. The predicted molar refractivity (Wildman–Crippen MR) is 87.7 cm³/mol. The number of phenolic OH excluding ortho intramolecular Hbond substituents is 1. The van der Waals surface area contributed by atoms with Crippen molar-refractivity contribution in [3.63, 3.8) is 0 Å². The van der Waals surface area contributed by atoms with Gasteiger partial charge in [0.05, 0.1) is 4.92 Å². The van der Waals surface area contributed by atoms with Crippen LogP contribution in [-0.2, 0) is 0 Å². The monoisotopic (exact) mass is 320 g/mol. The lowest BCUT2D eigenvalue weighted by Crippen LogP contribution is -2.46. The van der Waals surface area contributed by atoms with Crippen LogP contribution >= 0.6 is 0 Å². The molecule has 1 aliphatic carbocycles. The van der Waals surface area contributed by atoms with Crippen LogP contribution in [0.2, 0.25) is 0 Å². The number of nitro benzene ring substituents is 1. The van der Waals surface area contributed by atoms with E-state index in [1.165, 1.54) is 18.6 Å². The van der Waals surface area contributed by atoms with Crippen LogP contribution in [0.25, 0.3) is 0 Å². The SMILES string of the molecule is Cc1cc(O)c([N+](=O)[O-])cc1C(=O)N(C(C)C)C1CCCCC1. The summed E-state index contributed by atoms with van der Waals surface area (Å²) in [6.45, 7) is 5.63. The summed E-state index contributed by atoms with van der Waals surface area (Å²) in [6, 6.07) is 2.71. The molecule has 6 heteroatoms. The van der Waals surface area contributed by atoms with E-state index in [2.05, 4.69) is 0 Å². The molecular formula is C17H24N2O4. The third-order valence-electron chi connectivity index (χ3n) is 4.51. The van der Waals surface area contributed by atoms with Crippen molar-refractivity contribution in [2.75, 3.05) is 0 Å². The maximum atomic E-state index is 13.0. The molecular weight excluding hydrogens is 296 g/mol. The van der Waals surface area contributed by atoms with Gasteiger partial charge in [0, 0.05) is 23.7 Å². The molecule has 0 unspecified atom stereocenters. The summed E-state index contributed by atoms with van der Waals surface area (Å²) in [4.78, 5) is 25.2. The van der Waals surface area contributed by atoms with E-state index in [4.69, 9.17) is 0 Å². The van der Waals surface area contributed by atoms with Crippen LogP contribution in [0.1, 0.15) is 61.9 Å². The van der Waals surface area contributed by atoms with Crippen LogP contribution in [-0.4, -0.2) is 32.9 Å². The van der Waals surface area contributed by atoms with E-state index in [1.54, 1.807) is 6.92 Å². The average Bonchev–Trinajstić information content (AvgIpc) is 2.47. The standard InChI is InChI=1S/C17H24N2O4/c1-11(2)18(13-7-5-4-6-8-13)17(21)14-10-15(19(22)23)16(20)9-12(14)3/h9-11,13,20H,4-8H2,1-3H3. The summed E-state index contributed by atoms with van der Waals surface area (Å²) < 4.78 is 0. The van der Waals surface area contributed by atoms with Crippen molar-refractivity contribution < 1.29 is 14.8 Å². The molecule has 0 aromatic heterocycles. The smallest absolute Gasteiger partial charge is 0.311 e. The second-order valence-electron chi connectivity index (χ2n) is 6.51. The number of hydrogen-bond acceptors (Lipinski definition) is 4. The van der Waals surface area contributed by atoms with Crippen molar-refractivity contribution in [3.05, 3.63) is 33.4 Å². The van der Waals surface area contributed by atoms with E-state index >= 15 is 0 Å². The lowest BCUT2D eigenvalue weighted by molar-refractivity contribution is -0.385. The molecule has 0 saturated heterocycles. The zero-order valence-corrected chi connectivity index (χ0v) is 13.9. The first kappa shape index (κ1) is 17.2. The van der Waals surface area contributed by atoms with Gasteiger partial charge in [-0.25, -0.2) is 0 Å². The first-order valence-electron chi connectivity index (χ1n) is 8.13. The molecule has 1 saturated carbocycles. The van der Waals surface area contributed by atoms with Gasteiger partial charge in [0.2, 0.25) is 0 Å². The number of nitrogens with zero attached hydrogens (tertiary/aromatic N) is 2. The van der Waals surface area contributed by atoms with Gasteiger partial charge in [-0.3, -0.25) is 14.9 Å². The number of benzene rings is 1. The Morgan fingerprint density at radius 1 is 1.30 bits per heavy atom. The molecule has 6 nitrogen and oxygen atoms in total. The molecule has 1 aromatic rings. The Kier molecular flexibility index (Phi) is 5.23. The maximum Gasteiger partial charge on any atom is 0.311 e. The Bertz CT molecular complexity index is 607. The molecule has 0 heterocycles. The van der Waals surface area contributed by atoms with Gasteiger partial charge in [-0.05, 0) is 45.2 Å². The Morgan fingerprint density at radius 2 is 1.91 bits per heavy atom. The van der Waals surface area contributed by atoms with Crippen molar-refractivity contribution in [3.8, 4) is 5.75 Å². The van der Waals surface area contributed by atoms with Gasteiger partial charge in [0.25, 0.3) is 5.91 Å². The first-order valence-corrected chi connectivity index (χ1v) is 8.13. The molecule has 1 aromatic carbocycles. The fourth-order valence-corrected chi connectivity index (χ4v) is 3.38. The van der Waals surface area contributed by atoms with Crippen LogP contribution < -0.4 is 0 Å². The minimum absolute atomic E-state index is 0.0258. The van der Waals surface area contributed by atoms with E-state index in [0.29, 0.717) is 11.1 Å². The van der Waals surface area contributed by atoms with Crippen molar-refractivity contribution >= 4 is 11.6 Å². The largest absolute Gasteiger partial charge is 0.502 e. The van der Waals surface area contributed by atoms with Crippen molar-refractivity contribution in [1.29, 1.82) is 0 Å². The summed E-state index contributed by atoms with van der Waals surface area (Å²) in [6.07, 6.45) is 5.36. The number of aromatic hydroxyl groups is 1. The molecule has 0 atom stereocenters. The number of aryl methyl sites for hydroxylation is 1. The second kappa shape index (κ2) is 6.98. The third kappa shape index (κ3) is 3.63. The van der Waals surface area contributed by atoms with Crippen molar-refractivity contribution in [1.82, 2.24) is 4.90 Å². The number of rotatable bonds is 4.